The van der Waals surface area contributed by atoms with Gasteiger partial charge in [-0.2, -0.15) is 0 Å². The van der Waals surface area contributed by atoms with Crippen LogP contribution < -0.4 is 10.6 Å². The molecule has 0 unspecified atom stereocenters. The van der Waals surface area contributed by atoms with Gasteiger partial charge in [0, 0.05) is 25.0 Å². The first kappa shape index (κ1) is 20.9. The number of carbonyl (C=O) groups excluding carboxylic acids is 1. The second-order valence-electron chi connectivity index (χ2n) is 6.52. The van der Waals surface area contributed by atoms with Gasteiger partial charge in [-0.15, -0.1) is 12.4 Å². The molecule has 2 rings (SSSR count). The van der Waals surface area contributed by atoms with Crippen LogP contribution in [0, 0.1) is 5.92 Å². The third kappa shape index (κ3) is 6.08. The molecule has 4 nitrogen and oxygen atoms in total. The zero-order chi connectivity index (χ0) is 16.7. The van der Waals surface area contributed by atoms with Crippen LogP contribution in [0.1, 0.15) is 44.7 Å². The minimum Gasteiger partial charge on any atom is -0.352 e. The number of rotatable bonds is 7. The van der Waals surface area contributed by atoms with Gasteiger partial charge in [0.2, 0.25) is 5.91 Å². The van der Waals surface area contributed by atoms with Gasteiger partial charge >= 0.3 is 0 Å². The Labute approximate surface area is 152 Å². The van der Waals surface area contributed by atoms with Crippen molar-refractivity contribution in [1.29, 1.82) is 0 Å². The van der Waals surface area contributed by atoms with Gasteiger partial charge < -0.3 is 10.6 Å². The van der Waals surface area contributed by atoms with E-state index in [-0.39, 0.29) is 24.2 Å². The second kappa shape index (κ2) is 10.7. The summed E-state index contributed by atoms with van der Waals surface area (Å²) < 4.78 is 0. The van der Waals surface area contributed by atoms with Gasteiger partial charge in [-0.1, -0.05) is 38.1 Å². The highest BCUT2D eigenvalue weighted by Crippen LogP contribution is 2.17. The van der Waals surface area contributed by atoms with Crippen LogP contribution in [-0.4, -0.2) is 36.5 Å². The molecule has 0 radical (unpaired) electrons. The Balaban J connectivity index is 0.00000288. The van der Waals surface area contributed by atoms with Crippen LogP contribution in [0.5, 0.6) is 0 Å². The highest BCUT2D eigenvalue weighted by molar-refractivity contribution is 5.85. The molecule has 136 valence electrons. The van der Waals surface area contributed by atoms with Gasteiger partial charge in [-0.3, -0.25) is 9.69 Å². The van der Waals surface area contributed by atoms with Crippen molar-refractivity contribution in [1.82, 2.24) is 15.5 Å². The number of hydrogen-bond donors (Lipinski definition) is 2. The monoisotopic (exact) mass is 353 g/mol. The Bertz CT molecular complexity index is 505. The van der Waals surface area contributed by atoms with E-state index >= 15 is 0 Å². The Hall–Kier alpha value is -1.10. The Kier molecular flexibility index (Phi) is 9.34. The molecule has 0 aliphatic carbocycles. The Morgan fingerprint density at radius 3 is 2.54 bits per heavy atom. The maximum absolute atomic E-state index is 12.4. The molecule has 0 saturated carbocycles. The minimum absolute atomic E-state index is 0. The molecule has 2 atom stereocenters. The van der Waals surface area contributed by atoms with Gasteiger partial charge in [-0.25, -0.2) is 0 Å². The fraction of sp³-hybridized carbons (Fsp3) is 0.632. The van der Waals surface area contributed by atoms with Crippen molar-refractivity contribution in [3.63, 3.8) is 0 Å². The van der Waals surface area contributed by atoms with Crippen LogP contribution in [-0.2, 0) is 17.9 Å². The van der Waals surface area contributed by atoms with Gasteiger partial charge in [-0.05, 0) is 50.5 Å². The number of carbonyl (C=O) groups is 1. The third-order valence-electron chi connectivity index (χ3n) is 4.85. The van der Waals surface area contributed by atoms with Crippen LogP contribution in [0.25, 0.3) is 0 Å². The van der Waals surface area contributed by atoms with E-state index in [1.807, 2.05) is 0 Å². The highest BCUT2D eigenvalue weighted by Gasteiger charge is 2.24. The maximum Gasteiger partial charge on any atom is 0.223 e. The molecule has 1 heterocycles. The molecule has 5 heteroatoms. The minimum atomic E-state index is 0. The van der Waals surface area contributed by atoms with E-state index in [9.17, 15) is 4.79 Å². The number of piperidine rings is 1. The van der Waals surface area contributed by atoms with Gasteiger partial charge in [0.1, 0.15) is 0 Å². The summed E-state index contributed by atoms with van der Waals surface area (Å²) in [5.41, 5.74) is 2.55. The Morgan fingerprint density at radius 1 is 1.25 bits per heavy atom. The molecule has 1 aromatic rings. The number of benzene rings is 1. The first-order valence-corrected chi connectivity index (χ1v) is 8.94. The summed E-state index contributed by atoms with van der Waals surface area (Å²) >= 11 is 0. The van der Waals surface area contributed by atoms with Crippen LogP contribution in [0.3, 0.4) is 0 Å². The molecule has 2 N–H and O–H groups in total. The molecule has 1 aromatic carbocycles. The average molecular weight is 354 g/mol. The zero-order valence-corrected chi connectivity index (χ0v) is 16.0. The summed E-state index contributed by atoms with van der Waals surface area (Å²) in [6.45, 7) is 11.1. The summed E-state index contributed by atoms with van der Waals surface area (Å²) in [7, 11) is 0. The standard InChI is InChI=1S/C19H31N3O.ClH/c1-4-22(5-2)14-18-9-7-6-8-17(18)13-21-19(23)16-10-11-20-15(3)12-16;/h6-9,15-16,20H,4-5,10-14H2,1-3H3,(H,21,23);1H/t15-,16-;/m0./s1. The fourth-order valence-corrected chi connectivity index (χ4v) is 3.27. The molecule has 0 spiro atoms. The van der Waals surface area contributed by atoms with Crippen LogP contribution in [0.15, 0.2) is 24.3 Å². The smallest absolute Gasteiger partial charge is 0.223 e. The van der Waals surface area contributed by atoms with Gasteiger partial charge in [0.25, 0.3) is 0 Å². The van der Waals surface area contributed by atoms with Crippen molar-refractivity contribution in [2.24, 2.45) is 5.92 Å². The van der Waals surface area contributed by atoms with E-state index in [2.05, 4.69) is 60.6 Å². The first-order chi connectivity index (χ1) is 11.1. The summed E-state index contributed by atoms with van der Waals surface area (Å²) in [6.07, 6.45) is 1.88. The molecule has 1 aliphatic heterocycles. The SMILES string of the molecule is CCN(CC)Cc1ccccc1CNC(=O)[C@H]1CCN[C@@H](C)C1.Cl. The van der Waals surface area contributed by atoms with Crippen LogP contribution in [0.2, 0.25) is 0 Å². The van der Waals surface area contributed by atoms with E-state index in [1.165, 1.54) is 11.1 Å². The number of halogens is 1. The van der Waals surface area contributed by atoms with E-state index in [1.54, 1.807) is 0 Å². The highest BCUT2D eigenvalue weighted by atomic mass is 35.5. The Morgan fingerprint density at radius 2 is 1.92 bits per heavy atom. The number of hydrogen-bond acceptors (Lipinski definition) is 3. The van der Waals surface area contributed by atoms with Crippen molar-refractivity contribution in [3.8, 4) is 0 Å². The summed E-state index contributed by atoms with van der Waals surface area (Å²) in [6, 6.07) is 8.88. The number of nitrogens with one attached hydrogen (secondary N) is 2. The van der Waals surface area contributed by atoms with Crippen molar-refractivity contribution >= 4 is 18.3 Å². The molecule has 1 aliphatic rings. The third-order valence-corrected chi connectivity index (χ3v) is 4.85. The van der Waals surface area contributed by atoms with E-state index in [0.29, 0.717) is 12.6 Å². The summed E-state index contributed by atoms with van der Waals surface area (Å²) in [5.74, 6) is 0.359. The first-order valence-electron chi connectivity index (χ1n) is 8.94. The zero-order valence-electron chi connectivity index (χ0n) is 15.2. The maximum atomic E-state index is 12.4. The summed E-state index contributed by atoms with van der Waals surface area (Å²) in [4.78, 5) is 14.8. The van der Waals surface area contributed by atoms with Crippen molar-refractivity contribution in [3.05, 3.63) is 35.4 Å². The topological polar surface area (TPSA) is 44.4 Å². The lowest BCUT2D eigenvalue weighted by Gasteiger charge is -2.27. The van der Waals surface area contributed by atoms with E-state index < -0.39 is 0 Å². The van der Waals surface area contributed by atoms with Crippen LogP contribution >= 0.6 is 12.4 Å². The molecule has 0 aromatic heterocycles. The molecular weight excluding hydrogens is 322 g/mol. The molecule has 1 amide bonds. The average Bonchev–Trinajstić information content (AvgIpc) is 2.58. The molecule has 1 saturated heterocycles. The van der Waals surface area contributed by atoms with Gasteiger partial charge in [0.15, 0.2) is 0 Å². The fourth-order valence-electron chi connectivity index (χ4n) is 3.27. The lowest BCUT2D eigenvalue weighted by atomic mass is 9.92. The molecular formula is C19H32ClN3O. The van der Waals surface area contributed by atoms with E-state index in [4.69, 9.17) is 0 Å². The van der Waals surface area contributed by atoms with Gasteiger partial charge in [0.05, 0.1) is 0 Å². The van der Waals surface area contributed by atoms with Crippen molar-refractivity contribution < 1.29 is 4.79 Å². The number of amides is 1. The molecule has 1 fully saturated rings. The number of nitrogens with zero attached hydrogens (tertiary/aromatic N) is 1. The lowest BCUT2D eigenvalue weighted by molar-refractivity contribution is -0.126. The quantitative estimate of drug-likeness (QED) is 0.792. The largest absolute Gasteiger partial charge is 0.352 e. The van der Waals surface area contributed by atoms with Crippen molar-refractivity contribution in [2.45, 2.75) is 52.7 Å². The van der Waals surface area contributed by atoms with E-state index in [0.717, 1.165) is 39.0 Å². The van der Waals surface area contributed by atoms with Crippen molar-refractivity contribution in [2.75, 3.05) is 19.6 Å². The normalized spacial score (nSPS) is 20.5. The predicted molar refractivity (Wildman–Crippen MR) is 102 cm³/mol. The molecule has 0 bridgehead atoms. The second-order valence-corrected chi connectivity index (χ2v) is 6.52. The summed E-state index contributed by atoms with van der Waals surface area (Å²) in [5, 5.41) is 6.55. The lowest BCUT2D eigenvalue weighted by Crippen LogP contribution is -2.42. The van der Waals surface area contributed by atoms with Crippen LogP contribution in [0.4, 0.5) is 0 Å². The predicted octanol–water partition coefficient (Wildman–Crippen LogP) is 2.95. The molecule has 24 heavy (non-hydrogen) atoms.